The van der Waals surface area contributed by atoms with Gasteiger partial charge >= 0.3 is 5.97 Å². The van der Waals surface area contributed by atoms with Gasteiger partial charge in [-0.25, -0.2) is 9.78 Å². The molecule has 0 bridgehead atoms. The Labute approximate surface area is 111 Å². The van der Waals surface area contributed by atoms with Crippen LogP contribution < -0.4 is 5.32 Å². The highest BCUT2D eigenvalue weighted by atomic mass is 79.9. The van der Waals surface area contributed by atoms with Crippen molar-refractivity contribution in [1.29, 1.82) is 0 Å². The lowest BCUT2D eigenvalue weighted by Gasteiger charge is -2.03. The minimum absolute atomic E-state index is 0.312. The number of anilines is 2. The molecule has 0 aliphatic carbocycles. The third-order valence-corrected chi connectivity index (χ3v) is 3.46. The van der Waals surface area contributed by atoms with E-state index in [-0.39, 0.29) is 0 Å². The van der Waals surface area contributed by atoms with Crippen LogP contribution in [0.3, 0.4) is 0 Å². The average molecular weight is 313 g/mol. The highest BCUT2D eigenvalue weighted by Gasteiger charge is 2.11. The minimum atomic E-state index is -0.429. The minimum Gasteiger partial charge on any atom is -0.464 e. The number of aromatic nitrogens is 1. The van der Waals surface area contributed by atoms with Crippen LogP contribution in [0.25, 0.3) is 0 Å². The molecule has 4 nitrogen and oxygen atoms in total. The highest BCUT2D eigenvalue weighted by molar-refractivity contribution is 9.10. The summed E-state index contributed by atoms with van der Waals surface area (Å²) in [5, 5.41) is 5.43. The lowest BCUT2D eigenvalue weighted by atomic mass is 10.3. The number of ether oxygens (including phenoxy) is 1. The summed E-state index contributed by atoms with van der Waals surface area (Å²) in [6.45, 7) is 0. The van der Waals surface area contributed by atoms with Crippen LogP contribution in [0.1, 0.15) is 10.5 Å². The standard InChI is InChI=1S/C11H9BrN2O2S/c1-16-10(15)9-6-17-11(14-9)13-8-5-3-2-4-7(8)12/h2-6H,1H3,(H,13,14). The van der Waals surface area contributed by atoms with E-state index in [4.69, 9.17) is 0 Å². The molecule has 2 aromatic rings. The van der Waals surface area contributed by atoms with E-state index in [1.54, 1.807) is 5.38 Å². The van der Waals surface area contributed by atoms with Gasteiger partial charge in [0, 0.05) is 9.85 Å². The number of benzene rings is 1. The second-order valence-corrected chi connectivity index (χ2v) is 4.85. The van der Waals surface area contributed by atoms with Crippen LogP contribution in [0.5, 0.6) is 0 Å². The van der Waals surface area contributed by atoms with Gasteiger partial charge in [0.1, 0.15) is 0 Å². The van der Waals surface area contributed by atoms with Crippen molar-refractivity contribution in [3.63, 3.8) is 0 Å². The zero-order valence-corrected chi connectivity index (χ0v) is 11.3. The summed E-state index contributed by atoms with van der Waals surface area (Å²) in [4.78, 5) is 15.4. The van der Waals surface area contributed by atoms with E-state index in [1.165, 1.54) is 18.4 Å². The Morgan fingerprint density at radius 1 is 1.47 bits per heavy atom. The fourth-order valence-corrected chi connectivity index (χ4v) is 2.28. The molecule has 0 unspecified atom stereocenters. The van der Waals surface area contributed by atoms with Crippen molar-refractivity contribution < 1.29 is 9.53 Å². The number of carbonyl (C=O) groups is 1. The van der Waals surface area contributed by atoms with Crippen LogP contribution in [-0.4, -0.2) is 18.1 Å². The Kier molecular flexibility index (Phi) is 3.75. The molecule has 0 aliphatic heterocycles. The van der Waals surface area contributed by atoms with Gasteiger partial charge in [0.25, 0.3) is 0 Å². The monoisotopic (exact) mass is 312 g/mol. The summed E-state index contributed by atoms with van der Waals surface area (Å²) in [6.07, 6.45) is 0. The number of halogens is 1. The molecule has 0 fully saturated rings. The number of hydrogen-bond acceptors (Lipinski definition) is 5. The van der Waals surface area contributed by atoms with Crippen LogP contribution in [0.4, 0.5) is 10.8 Å². The number of para-hydroxylation sites is 1. The number of carbonyl (C=O) groups excluding carboxylic acids is 1. The molecular formula is C11H9BrN2O2S. The third-order valence-electron chi connectivity index (χ3n) is 2.01. The molecule has 0 saturated heterocycles. The van der Waals surface area contributed by atoms with Crippen LogP contribution in [0.2, 0.25) is 0 Å². The first-order valence-corrected chi connectivity index (χ1v) is 6.43. The summed E-state index contributed by atoms with van der Waals surface area (Å²) in [6, 6.07) is 7.69. The van der Waals surface area contributed by atoms with Gasteiger partial charge in [-0.2, -0.15) is 0 Å². The van der Waals surface area contributed by atoms with E-state index < -0.39 is 5.97 Å². The van der Waals surface area contributed by atoms with Gasteiger partial charge in [-0.3, -0.25) is 0 Å². The zero-order valence-electron chi connectivity index (χ0n) is 8.94. The average Bonchev–Trinajstić information content (AvgIpc) is 2.80. The predicted octanol–water partition coefficient (Wildman–Crippen LogP) is 3.44. The highest BCUT2D eigenvalue weighted by Crippen LogP contribution is 2.27. The molecule has 0 aliphatic rings. The van der Waals surface area contributed by atoms with Crippen LogP contribution >= 0.6 is 27.3 Å². The van der Waals surface area contributed by atoms with E-state index in [2.05, 4.69) is 31.0 Å². The molecule has 0 saturated carbocycles. The van der Waals surface area contributed by atoms with Gasteiger partial charge in [-0.15, -0.1) is 11.3 Å². The predicted molar refractivity (Wildman–Crippen MR) is 70.9 cm³/mol. The van der Waals surface area contributed by atoms with E-state index in [0.29, 0.717) is 10.8 Å². The number of methoxy groups -OCH3 is 1. The fourth-order valence-electron chi connectivity index (χ4n) is 1.21. The normalized spacial score (nSPS) is 10.0. The lowest BCUT2D eigenvalue weighted by molar-refractivity contribution is 0.0595. The van der Waals surface area contributed by atoms with Gasteiger partial charge in [0.15, 0.2) is 10.8 Å². The second-order valence-electron chi connectivity index (χ2n) is 3.13. The maximum Gasteiger partial charge on any atom is 0.357 e. The Hall–Kier alpha value is -1.40. The first-order chi connectivity index (χ1) is 8.20. The molecule has 6 heteroatoms. The Morgan fingerprint density at radius 2 is 2.24 bits per heavy atom. The van der Waals surface area contributed by atoms with E-state index in [9.17, 15) is 4.79 Å². The molecule has 88 valence electrons. The number of nitrogens with zero attached hydrogens (tertiary/aromatic N) is 1. The maximum absolute atomic E-state index is 11.2. The second kappa shape index (κ2) is 5.29. The van der Waals surface area contributed by atoms with Gasteiger partial charge in [-0.1, -0.05) is 12.1 Å². The Morgan fingerprint density at radius 3 is 2.94 bits per heavy atom. The van der Waals surface area contributed by atoms with Gasteiger partial charge in [0.2, 0.25) is 0 Å². The number of esters is 1. The third kappa shape index (κ3) is 2.83. The molecular weight excluding hydrogens is 304 g/mol. The van der Waals surface area contributed by atoms with Crippen molar-refractivity contribution >= 4 is 44.1 Å². The van der Waals surface area contributed by atoms with Gasteiger partial charge < -0.3 is 10.1 Å². The first kappa shape index (κ1) is 12.1. The molecule has 0 radical (unpaired) electrons. The van der Waals surface area contributed by atoms with Crippen LogP contribution in [0, 0.1) is 0 Å². The van der Waals surface area contributed by atoms with E-state index in [0.717, 1.165) is 10.2 Å². The molecule has 0 atom stereocenters. The molecule has 0 amide bonds. The summed E-state index contributed by atoms with van der Waals surface area (Å²) in [7, 11) is 1.34. The van der Waals surface area contributed by atoms with Crippen molar-refractivity contribution in [2.45, 2.75) is 0 Å². The number of nitrogens with one attached hydrogen (secondary N) is 1. The van der Waals surface area contributed by atoms with Crippen LogP contribution in [-0.2, 0) is 4.74 Å². The van der Waals surface area contributed by atoms with Gasteiger partial charge in [-0.05, 0) is 28.1 Å². The van der Waals surface area contributed by atoms with E-state index >= 15 is 0 Å². The van der Waals surface area contributed by atoms with E-state index in [1.807, 2.05) is 24.3 Å². The molecule has 1 aromatic heterocycles. The zero-order chi connectivity index (χ0) is 12.3. The van der Waals surface area contributed by atoms with Gasteiger partial charge in [0.05, 0.1) is 12.8 Å². The fraction of sp³-hybridized carbons (Fsp3) is 0.0909. The molecule has 0 spiro atoms. The number of thiazole rings is 1. The number of rotatable bonds is 3. The van der Waals surface area contributed by atoms with Crippen molar-refractivity contribution in [1.82, 2.24) is 4.98 Å². The first-order valence-electron chi connectivity index (χ1n) is 4.76. The number of hydrogen-bond donors (Lipinski definition) is 1. The molecule has 1 N–H and O–H groups in total. The topological polar surface area (TPSA) is 51.2 Å². The Bertz CT molecular complexity index is 542. The van der Waals surface area contributed by atoms with Crippen molar-refractivity contribution in [2.24, 2.45) is 0 Å². The Balaban J connectivity index is 2.17. The van der Waals surface area contributed by atoms with Crippen molar-refractivity contribution in [2.75, 3.05) is 12.4 Å². The quantitative estimate of drug-likeness (QED) is 0.882. The lowest BCUT2D eigenvalue weighted by Crippen LogP contribution is -2.01. The maximum atomic E-state index is 11.2. The largest absolute Gasteiger partial charge is 0.464 e. The molecule has 2 rings (SSSR count). The molecule has 1 aromatic carbocycles. The van der Waals surface area contributed by atoms with Crippen LogP contribution in [0.15, 0.2) is 34.1 Å². The summed E-state index contributed by atoms with van der Waals surface area (Å²) in [5.41, 5.74) is 1.21. The SMILES string of the molecule is COC(=O)c1csc(Nc2ccccc2Br)n1. The molecule has 17 heavy (non-hydrogen) atoms. The summed E-state index contributed by atoms with van der Waals surface area (Å²) in [5.74, 6) is -0.429. The van der Waals surface area contributed by atoms with Crippen molar-refractivity contribution in [3.05, 3.63) is 39.8 Å². The summed E-state index contributed by atoms with van der Waals surface area (Å²) >= 11 is 4.78. The summed E-state index contributed by atoms with van der Waals surface area (Å²) < 4.78 is 5.53. The smallest absolute Gasteiger partial charge is 0.357 e. The molecule has 1 heterocycles. The van der Waals surface area contributed by atoms with Crippen molar-refractivity contribution in [3.8, 4) is 0 Å².